The van der Waals surface area contributed by atoms with E-state index in [4.69, 9.17) is 9.84 Å². The molecule has 2 fully saturated rings. The Hall–Kier alpha value is -2.97. The summed E-state index contributed by atoms with van der Waals surface area (Å²) in [7, 11) is 0. The lowest BCUT2D eigenvalue weighted by Crippen LogP contribution is -2.38. The monoisotopic (exact) mass is 466 g/mol. The predicted molar refractivity (Wildman–Crippen MR) is 116 cm³/mol. The highest BCUT2D eigenvalue weighted by Gasteiger charge is 2.47. The van der Waals surface area contributed by atoms with E-state index in [0.29, 0.717) is 30.2 Å². The van der Waals surface area contributed by atoms with Gasteiger partial charge in [-0.25, -0.2) is 4.39 Å². The van der Waals surface area contributed by atoms with E-state index in [1.807, 2.05) is 4.90 Å². The number of benzene rings is 2. The highest BCUT2D eigenvalue weighted by molar-refractivity contribution is 5.69. The molecule has 33 heavy (non-hydrogen) atoms. The maximum Gasteiger partial charge on any atom is 0.393 e. The zero-order valence-corrected chi connectivity index (χ0v) is 18.0. The van der Waals surface area contributed by atoms with Crippen molar-refractivity contribution >= 4 is 17.3 Å². The van der Waals surface area contributed by atoms with E-state index >= 15 is 0 Å². The normalized spacial score (nSPS) is 21.9. The first-order chi connectivity index (χ1) is 15.7. The minimum atomic E-state index is -4.36. The van der Waals surface area contributed by atoms with E-state index in [1.54, 1.807) is 42.5 Å². The van der Waals surface area contributed by atoms with Crippen molar-refractivity contribution in [3.05, 3.63) is 54.3 Å². The summed E-state index contributed by atoms with van der Waals surface area (Å²) in [5.74, 6) is -2.31. The van der Waals surface area contributed by atoms with E-state index in [2.05, 4.69) is 0 Å². The number of aliphatic carboxylic acids is 1. The van der Waals surface area contributed by atoms with Crippen molar-refractivity contribution in [2.24, 2.45) is 5.92 Å². The second-order valence-corrected chi connectivity index (χ2v) is 8.63. The molecule has 2 heterocycles. The summed E-state index contributed by atoms with van der Waals surface area (Å²) in [6.07, 6.45) is -3.53. The molecule has 0 aliphatic carbocycles. The van der Waals surface area contributed by atoms with E-state index in [9.17, 15) is 22.4 Å². The fourth-order valence-electron chi connectivity index (χ4n) is 4.70. The molecule has 0 unspecified atom stereocenters. The molecule has 2 aromatic carbocycles. The summed E-state index contributed by atoms with van der Waals surface area (Å²) >= 11 is 0. The first kappa shape index (κ1) is 23.2. The Kier molecular flexibility index (Phi) is 6.67. The van der Waals surface area contributed by atoms with Crippen molar-refractivity contribution in [3.8, 4) is 5.75 Å². The number of carboxylic acid groups (broad SMARTS) is 1. The third-order valence-electron chi connectivity index (χ3n) is 6.39. The molecule has 4 rings (SSSR count). The van der Waals surface area contributed by atoms with Crippen LogP contribution in [0.2, 0.25) is 0 Å². The minimum Gasteiger partial charge on any atom is -0.490 e. The van der Waals surface area contributed by atoms with E-state index < -0.39 is 24.1 Å². The van der Waals surface area contributed by atoms with Crippen LogP contribution in [0.5, 0.6) is 5.75 Å². The SMILES string of the molecule is O=C(O)C[C@H]1C[C@@H](C(F)(F)F)CN1c1ccc(OC2CCN(c3ccccc3F)CC2)cc1. The van der Waals surface area contributed by atoms with Crippen molar-refractivity contribution in [2.75, 3.05) is 29.4 Å². The maximum atomic E-state index is 14.0. The maximum absolute atomic E-state index is 14.0. The second-order valence-electron chi connectivity index (χ2n) is 8.63. The van der Waals surface area contributed by atoms with Gasteiger partial charge < -0.3 is 19.6 Å². The smallest absolute Gasteiger partial charge is 0.393 e. The Morgan fingerprint density at radius 3 is 2.33 bits per heavy atom. The van der Waals surface area contributed by atoms with Crippen molar-refractivity contribution < 1.29 is 32.2 Å². The second kappa shape index (κ2) is 9.49. The zero-order chi connectivity index (χ0) is 23.6. The molecule has 2 aromatic rings. The number of piperidine rings is 1. The number of alkyl halides is 3. The summed E-state index contributed by atoms with van der Waals surface area (Å²) in [4.78, 5) is 14.7. The standard InChI is InChI=1S/C24H26F4N2O3/c25-21-3-1-2-4-22(21)29-11-9-20(10-12-29)33-19-7-5-17(6-8-19)30-15-16(24(26,27)28)13-18(30)14-23(31)32/h1-8,16,18,20H,9-15H2,(H,31,32)/t16-,18-/m1/s1. The number of rotatable bonds is 6. The van der Waals surface area contributed by atoms with Crippen molar-refractivity contribution in [1.29, 1.82) is 0 Å². The van der Waals surface area contributed by atoms with Gasteiger partial charge in [-0.15, -0.1) is 0 Å². The topological polar surface area (TPSA) is 53.0 Å². The fraction of sp³-hybridized carbons (Fsp3) is 0.458. The third kappa shape index (κ3) is 5.51. The van der Waals surface area contributed by atoms with Crippen LogP contribution >= 0.6 is 0 Å². The van der Waals surface area contributed by atoms with Gasteiger partial charge >= 0.3 is 12.1 Å². The largest absolute Gasteiger partial charge is 0.490 e. The summed E-state index contributed by atoms with van der Waals surface area (Å²) in [5, 5.41) is 9.11. The van der Waals surface area contributed by atoms with Gasteiger partial charge in [-0.3, -0.25) is 4.79 Å². The molecule has 0 aromatic heterocycles. The lowest BCUT2D eigenvalue weighted by Gasteiger charge is -2.34. The molecule has 0 bridgehead atoms. The van der Waals surface area contributed by atoms with Gasteiger partial charge in [0, 0.05) is 44.2 Å². The number of ether oxygens (including phenoxy) is 1. The number of para-hydroxylation sites is 1. The Morgan fingerprint density at radius 1 is 1.06 bits per heavy atom. The molecule has 2 aliphatic heterocycles. The Balaban J connectivity index is 1.36. The van der Waals surface area contributed by atoms with Crippen molar-refractivity contribution in [2.45, 2.75) is 44.0 Å². The summed E-state index contributed by atoms with van der Waals surface area (Å²) < 4.78 is 59.7. The van der Waals surface area contributed by atoms with Gasteiger partial charge in [-0.05, 0) is 42.8 Å². The Labute approximate surface area is 189 Å². The zero-order valence-electron chi connectivity index (χ0n) is 18.0. The van der Waals surface area contributed by atoms with E-state index in [0.717, 1.165) is 12.8 Å². The summed E-state index contributed by atoms with van der Waals surface area (Å²) in [6.45, 7) is 1.07. The fourth-order valence-corrected chi connectivity index (χ4v) is 4.70. The lowest BCUT2D eigenvalue weighted by molar-refractivity contribution is -0.169. The van der Waals surface area contributed by atoms with Crippen molar-refractivity contribution in [3.63, 3.8) is 0 Å². The Bertz CT molecular complexity index is 959. The molecular weight excluding hydrogens is 440 g/mol. The quantitative estimate of drug-likeness (QED) is 0.600. The molecule has 5 nitrogen and oxygen atoms in total. The molecule has 9 heteroatoms. The van der Waals surface area contributed by atoms with Crippen LogP contribution in [-0.4, -0.2) is 49.0 Å². The number of halogens is 4. The lowest BCUT2D eigenvalue weighted by atomic mass is 10.0. The van der Waals surface area contributed by atoms with Crippen LogP contribution in [-0.2, 0) is 4.79 Å². The van der Waals surface area contributed by atoms with Crippen LogP contribution in [0.3, 0.4) is 0 Å². The molecule has 0 saturated carbocycles. The minimum absolute atomic E-state index is 0.0416. The van der Waals surface area contributed by atoms with E-state index in [1.165, 1.54) is 11.0 Å². The van der Waals surface area contributed by atoms with Gasteiger partial charge in [-0.1, -0.05) is 12.1 Å². The predicted octanol–water partition coefficient (Wildman–Crippen LogP) is 5.11. The molecular formula is C24H26F4N2O3. The van der Waals surface area contributed by atoms with Gasteiger partial charge in [0.15, 0.2) is 0 Å². The molecule has 2 saturated heterocycles. The van der Waals surface area contributed by atoms with Gasteiger partial charge in [0.25, 0.3) is 0 Å². The van der Waals surface area contributed by atoms with Crippen molar-refractivity contribution in [1.82, 2.24) is 0 Å². The highest BCUT2D eigenvalue weighted by Crippen LogP contribution is 2.40. The number of nitrogens with zero attached hydrogens (tertiary/aromatic N) is 2. The average molecular weight is 466 g/mol. The van der Waals surface area contributed by atoms with Gasteiger partial charge in [0.1, 0.15) is 17.7 Å². The highest BCUT2D eigenvalue weighted by atomic mass is 19.4. The molecule has 2 atom stereocenters. The molecule has 0 radical (unpaired) electrons. The number of carboxylic acids is 1. The molecule has 178 valence electrons. The van der Waals surface area contributed by atoms with Gasteiger partial charge in [-0.2, -0.15) is 13.2 Å². The van der Waals surface area contributed by atoms with Gasteiger partial charge in [0.05, 0.1) is 18.0 Å². The molecule has 2 aliphatic rings. The molecule has 1 N–H and O–H groups in total. The van der Waals surface area contributed by atoms with Crippen LogP contribution in [0.15, 0.2) is 48.5 Å². The first-order valence-electron chi connectivity index (χ1n) is 11.0. The number of hydrogen-bond donors (Lipinski definition) is 1. The summed E-state index contributed by atoms with van der Waals surface area (Å²) in [6, 6.07) is 12.7. The van der Waals surface area contributed by atoms with E-state index in [-0.39, 0.29) is 31.3 Å². The van der Waals surface area contributed by atoms with Crippen LogP contribution < -0.4 is 14.5 Å². The van der Waals surface area contributed by atoms with Crippen LogP contribution in [0.4, 0.5) is 28.9 Å². The Morgan fingerprint density at radius 2 is 1.73 bits per heavy atom. The summed E-state index contributed by atoms with van der Waals surface area (Å²) in [5.41, 5.74) is 1.13. The molecule has 0 amide bonds. The molecule has 0 spiro atoms. The number of carbonyl (C=O) groups is 1. The third-order valence-corrected chi connectivity index (χ3v) is 6.39. The number of anilines is 2. The van der Waals surface area contributed by atoms with Crippen LogP contribution in [0.25, 0.3) is 0 Å². The van der Waals surface area contributed by atoms with Crippen LogP contribution in [0, 0.1) is 11.7 Å². The first-order valence-corrected chi connectivity index (χ1v) is 11.0. The number of hydrogen-bond acceptors (Lipinski definition) is 4. The van der Waals surface area contributed by atoms with Crippen LogP contribution in [0.1, 0.15) is 25.7 Å². The average Bonchev–Trinajstić information content (AvgIpc) is 3.19. The van der Waals surface area contributed by atoms with Gasteiger partial charge in [0.2, 0.25) is 0 Å².